The average Bonchev–Trinajstić information content (AvgIpc) is 2.98. The molecule has 2 aromatic rings. The Hall–Kier alpha value is -0.820. The van der Waals surface area contributed by atoms with E-state index in [9.17, 15) is 4.79 Å². The van der Waals surface area contributed by atoms with Crippen molar-refractivity contribution in [2.75, 3.05) is 29.9 Å². The second-order valence-corrected chi connectivity index (χ2v) is 8.58. The van der Waals surface area contributed by atoms with Crippen molar-refractivity contribution < 1.29 is 4.79 Å². The molecular formula is C17H19BrN2OS2. The number of benzene rings is 1. The van der Waals surface area contributed by atoms with Crippen LogP contribution in [0.25, 0.3) is 0 Å². The number of anilines is 1. The van der Waals surface area contributed by atoms with Gasteiger partial charge < -0.3 is 5.32 Å². The van der Waals surface area contributed by atoms with Gasteiger partial charge in [0, 0.05) is 41.3 Å². The van der Waals surface area contributed by atoms with E-state index in [1.165, 1.54) is 28.4 Å². The summed E-state index contributed by atoms with van der Waals surface area (Å²) in [4.78, 5) is 15.6. The SMILES string of the molecule is Cc1ccc(CN2CCSCC2)cc1NC(=O)c1sccc1Br. The van der Waals surface area contributed by atoms with Crippen LogP contribution in [0.1, 0.15) is 20.8 Å². The molecule has 0 spiro atoms. The van der Waals surface area contributed by atoms with Crippen LogP contribution in [0.4, 0.5) is 5.69 Å². The third kappa shape index (κ3) is 4.38. The van der Waals surface area contributed by atoms with Crippen LogP contribution < -0.4 is 5.32 Å². The number of hydrogen-bond donors (Lipinski definition) is 1. The van der Waals surface area contributed by atoms with Gasteiger partial charge in [0.2, 0.25) is 0 Å². The molecule has 1 aliphatic heterocycles. The van der Waals surface area contributed by atoms with Crippen LogP contribution in [0.3, 0.4) is 0 Å². The first-order valence-electron chi connectivity index (χ1n) is 7.57. The second kappa shape index (κ2) is 7.83. The van der Waals surface area contributed by atoms with Crippen molar-refractivity contribution in [3.63, 3.8) is 0 Å². The lowest BCUT2D eigenvalue weighted by atomic mass is 10.1. The van der Waals surface area contributed by atoms with Crippen molar-refractivity contribution in [3.05, 3.63) is 50.1 Å². The average molecular weight is 411 g/mol. The van der Waals surface area contributed by atoms with Crippen molar-refractivity contribution in [1.29, 1.82) is 0 Å². The molecule has 0 aliphatic carbocycles. The largest absolute Gasteiger partial charge is 0.321 e. The predicted molar refractivity (Wildman–Crippen MR) is 104 cm³/mol. The summed E-state index contributed by atoms with van der Waals surface area (Å²) in [6.07, 6.45) is 0. The van der Waals surface area contributed by atoms with E-state index in [0.717, 1.165) is 35.4 Å². The Balaban J connectivity index is 1.72. The minimum atomic E-state index is -0.0542. The maximum absolute atomic E-state index is 12.4. The fraction of sp³-hybridized carbons (Fsp3) is 0.353. The van der Waals surface area contributed by atoms with Crippen LogP contribution in [0, 0.1) is 6.92 Å². The number of carbonyl (C=O) groups is 1. The normalized spacial score (nSPS) is 15.6. The van der Waals surface area contributed by atoms with Gasteiger partial charge in [-0.3, -0.25) is 9.69 Å². The number of carbonyl (C=O) groups excluding carboxylic acids is 1. The molecule has 1 aromatic heterocycles. The number of hydrogen-bond acceptors (Lipinski definition) is 4. The molecular weight excluding hydrogens is 392 g/mol. The van der Waals surface area contributed by atoms with Crippen molar-refractivity contribution in [3.8, 4) is 0 Å². The van der Waals surface area contributed by atoms with E-state index in [2.05, 4.69) is 44.3 Å². The summed E-state index contributed by atoms with van der Waals surface area (Å²) in [5, 5.41) is 4.96. The van der Waals surface area contributed by atoms with Crippen molar-refractivity contribution in [2.24, 2.45) is 0 Å². The first-order valence-corrected chi connectivity index (χ1v) is 10.4. The van der Waals surface area contributed by atoms with Crippen LogP contribution in [-0.2, 0) is 6.54 Å². The molecule has 1 amide bonds. The van der Waals surface area contributed by atoms with Crippen molar-refractivity contribution >= 4 is 50.6 Å². The summed E-state index contributed by atoms with van der Waals surface area (Å²) in [6, 6.07) is 8.26. The zero-order chi connectivity index (χ0) is 16.2. The Bertz CT molecular complexity index is 696. The van der Waals surface area contributed by atoms with Crippen LogP contribution >= 0.6 is 39.0 Å². The molecule has 0 atom stereocenters. The molecule has 2 heterocycles. The Morgan fingerprint density at radius 3 is 2.78 bits per heavy atom. The molecule has 6 heteroatoms. The maximum Gasteiger partial charge on any atom is 0.266 e. The molecule has 1 saturated heterocycles. The monoisotopic (exact) mass is 410 g/mol. The van der Waals surface area contributed by atoms with Crippen LogP contribution in [0.5, 0.6) is 0 Å². The molecule has 3 rings (SSSR count). The van der Waals surface area contributed by atoms with E-state index in [1.54, 1.807) is 0 Å². The lowest BCUT2D eigenvalue weighted by Crippen LogP contribution is -2.32. The number of aryl methyl sites for hydroxylation is 1. The Morgan fingerprint density at radius 2 is 2.09 bits per heavy atom. The van der Waals surface area contributed by atoms with Gasteiger partial charge in [0.1, 0.15) is 4.88 Å². The number of thioether (sulfide) groups is 1. The van der Waals surface area contributed by atoms with E-state index < -0.39 is 0 Å². The van der Waals surface area contributed by atoms with Crippen molar-refractivity contribution in [2.45, 2.75) is 13.5 Å². The van der Waals surface area contributed by atoms with Gasteiger partial charge in [-0.15, -0.1) is 11.3 Å². The summed E-state index contributed by atoms with van der Waals surface area (Å²) in [7, 11) is 0. The van der Waals surface area contributed by atoms with E-state index in [0.29, 0.717) is 4.88 Å². The summed E-state index contributed by atoms with van der Waals surface area (Å²) in [5.74, 6) is 2.37. The number of nitrogens with one attached hydrogen (secondary N) is 1. The van der Waals surface area contributed by atoms with E-state index in [-0.39, 0.29) is 5.91 Å². The van der Waals surface area contributed by atoms with Gasteiger partial charge in [0.25, 0.3) is 5.91 Å². The Morgan fingerprint density at radius 1 is 1.30 bits per heavy atom. The first-order chi connectivity index (χ1) is 11.1. The van der Waals surface area contributed by atoms with E-state index in [1.807, 2.05) is 30.1 Å². The number of thiophene rings is 1. The first kappa shape index (κ1) is 17.0. The van der Waals surface area contributed by atoms with Gasteiger partial charge in [-0.1, -0.05) is 12.1 Å². The Labute approximate surface area is 153 Å². The zero-order valence-corrected chi connectivity index (χ0v) is 16.2. The zero-order valence-electron chi connectivity index (χ0n) is 13.0. The summed E-state index contributed by atoms with van der Waals surface area (Å²) in [5.41, 5.74) is 3.24. The molecule has 122 valence electrons. The fourth-order valence-electron chi connectivity index (χ4n) is 2.55. The minimum Gasteiger partial charge on any atom is -0.321 e. The van der Waals surface area contributed by atoms with Gasteiger partial charge >= 0.3 is 0 Å². The smallest absolute Gasteiger partial charge is 0.266 e. The summed E-state index contributed by atoms with van der Waals surface area (Å²) >= 11 is 6.89. The van der Waals surface area contributed by atoms with Crippen LogP contribution in [0.2, 0.25) is 0 Å². The lowest BCUT2D eigenvalue weighted by Gasteiger charge is -2.26. The van der Waals surface area contributed by atoms with Gasteiger partial charge in [-0.2, -0.15) is 11.8 Å². The van der Waals surface area contributed by atoms with E-state index >= 15 is 0 Å². The summed E-state index contributed by atoms with van der Waals surface area (Å²) in [6.45, 7) is 5.26. The Kier molecular flexibility index (Phi) is 5.80. The fourth-order valence-corrected chi connectivity index (χ4v) is 4.98. The molecule has 3 nitrogen and oxygen atoms in total. The maximum atomic E-state index is 12.4. The third-order valence-electron chi connectivity index (χ3n) is 3.88. The number of halogens is 1. The summed E-state index contributed by atoms with van der Waals surface area (Å²) < 4.78 is 0.847. The lowest BCUT2D eigenvalue weighted by molar-refractivity contribution is 0.103. The molecule has 1 N–H and O–H groups in total. The highest BCUT2D eigenvalue weighted by atomic mass is 79.9. The second-order valence-electron chi connectivity index (χ2n) is 5.59. The van der Waals surface area contributed by atoms with Gasteiger partial charge in [0.15, 0.2) is 0 Å². The third-order valence-corrected chi connectivity index (χ3v) is 6.66. The van der Waals surface area contributed by atoms with Crippen molar-refractivity contribution in [1.82, 2.24) is 4.90 Å². The molecule has 0 radical (unpaired) electrons. The molecule has 0 bridgehead atoms. The van der Waals surface area contributed by atoms with E-state index in [4.69, 9.17) is 0 Å². The number of rotatable bonds is 4. The van der Waals surface area contributed by atoms with Gasteiger partial charge in [-0.05, 0) is 51.5 Å². The molecule has 1 aliphatic rings. The van der Waals surface area contributed by atoms with Crippen LogP contribution in [0.15, 0.2) is 34.1 Å². The number of nitrogens with zero attached hydrogens (tertiary/aromatic N) is 1. The number of amides is 1. The molecule has 1 fully saturated rings. The highest BCUT2D eigenvalue weighted by molar-refractivity contribution is 9.10. The van der Waals surface area contributed by atoms with Crippen LogP contribution in [-0.4, -0.2) is 35.4 Å². The van der Waals surface area contributed by atoms with Gasteiger partial charge in [-0.25, -0.2) is 0 Å². The van der Waals surface area contributed by atoms with Gasteiger partial charge in [0.05, 0.1) is 0 Å². The minimum absolute atomic E-state index is 0.0542. The molecule has 1 aromatic carbocycles. The molecule has 0 saturated carbocycles. The molecule has 23 heavy (non-hydrogen) atoms. The quantitative estimate of drug-likeness (QED) is 0.797. The topological polar surface area (TPSA) is 32.3 Å². The predicted octanol–water partition coefficient (Wildman–Crippen LogP) is 4.62. The highest BCUT2D eigenvalue weighted by Crippen LogP contribution is 2.25. The highest BCUT2D eigenvalue weighted by Gasteiger charge is 2.14. The molecule has 0 unspecified atom stereocenters. The standard InChI is InChI=1S/C17H19BrN2OS2/c1-12-2-3-13(11-20-5-8-22-9-6-20)10-15(12)19-17(21)16-14(18)4-7-23-16/h2-4,7,10H,5-6,8-9,11H2,1H3,(H,19,21).